The van der Waals surface area contributed by atoms with Crippen LogP contribution in [-0.4, -0.2) is 48.8 Å². The second-order valence-electron chi connectivity index (χ2n) is 4.15. The maximum atomic E-state index is 9.75. The average Bonchev–Trinajstić information content (AvgIpc) is 2.18. The minimum absolute atomic E-state index is 0.230. The van der Waals surface area contributed by atoms with Crippen molar-refractivity contribution in [2.45, 2.75) is 25.4 Å². The molecular formula is C10H23N3O. The van der Waals surface area contributed by atoms with E-state index in [1.165, 1.54) is 0 Å². The summed E-state index contributed by atoms with van der Waals surface area (Å²) >= 11 is 0. The molecule has 4 heteroatoms. The predicted octanol–water partition coefficient (Wildman–Crippen LogP) is -0.633. The Balaban J connectivity index is 2.18. The van der Waals surface area contributed by atoms with E-state index < -0.39 is 0 Å². The second-order valence-corrected chi connectivity index (χ2v) is 4.15. The first-order valence-corrected chi connectivity index (χ1v) is 5.58. The van der Waals surface area contributed by atoms with Gasteiger partial charge in [0.1, 0.15) is 0 Å². The summed E-state index contributed by atoms with van der Waals surface area (Å²) in [6, 6.07) is 0. The Morgan fingerprint density at radius 3 is 2.64 bits per heavy atom. The number of hydrogen-bond acceptors (Lipinski definition) is 4. The van der Waals surface area contributed by atoms with E-state index in [4.69, 9.17) is 11.5 Å². The van der Waals surface area contributed by atoms with Crippen LogP contribution in [0.3, 0.4) is 0 Å². The normalized spacial score (nSPS) is 29.4. The van der Waals surface area contributed by atoms with Gasteiger partial charge in [-0.15, -0.1) is 0 Å². The maximum Gasteiger partial charge on any atom is 0.0707 e. The molecule has 1 fully saturated rings. The first-order chi connectivity index (χ1) is 6.77. The van der Waals surface area contributed by atoms with Gasteiger partial charge in [0, 0.05) is 6.54 Å². The molecule has 5 N–H and O–H groups in total. The third-order valence-corrected chi connectivity index (χ3v) is 3.04. The van der Waals surface area contributed by atoms with Crippen molar-refractivity contribution in [1.82, 2.24) is 4.90 Å². The number of likely N-dealkylation sites (tertiary alicyclic amines) is 1. The number of aliphatic hydroxyl groups excluding tert-OH is 1. The van der Waals surface area contributed by atoms with Gasteiger partial charge in [-0.25, -0.2) is 0 Å². The molecule has 2 atom stereocenters. The average molecular weight is 201 g/mol. The summed E-state index contributed by atoms with van der Waals surface area (Å²) < 4.78 is 0. The minimum Gasteiger partial charge on any atom is -0.391 e. The van der Waals surface area contributed by atoms with E-state index in [1.807, 2.05) is 0 Å². The summed E-state index contributed by atoms with van der Waals surface area (Å²) in [5.74, 6) is 0.306. The van der Waals surface area contributed by atoms with Crippen LogP contribution in [0.5, 0.6) is 0 Å². The molecule has 1 aliphatic rings. The lowest BCUT2D eigenvalue weighted by atomic mass is 9.94. The van der Waals surface area contributed by atoms with Crippen molar-refractivity contribution >= 4 is 0 Å². The lowest BCUT2D eigenvalue weighted by Crippen LogP contribution is -2.46. The highest BCUT2D eigenvalue weighted by Crippen LogP contribution is 2.16. The summed E-state index contributed by atoms with van der Waals surface area (Å²) in [6.07, 6.45) is 3.01. The van der Waals surface area contributed by atoms with Gasteiger partial charge in [-0.2, -0.15) is 0 Å². The predicted molar refractivity (Wildman–Crippen MR) is 57.9 cm³/mol. The van der Waals surface area contributed by atoms with Gasteiger partial charge in [-0.3, -0.25) is 0 Å². The molecule has 0 spiro atoms. The topological polar surface area (TPSA) is 75.5 Å². The van der Waals surface area contributed by atoms with Crippen LogP contribution in [0, 0.1) is 5.92 Å². The molecule has 0 saturated carbocycles. The number of β-amino-alcohol motifs (C(OH)–C–C–N with tert-alkyl or cyclic N) is 1. The highest BCUT2D eigenvalue weighted by molar-refractivity contribution is 4.80. The van der Waals surface area contributed by atoms with Crippen molar-refractivity contribution in [3.63, 3.8) is 0 Å². The summed E-state index contributed by atoms with van der Waals surface area (Å²) in [6.45, 7) is 4.29. The molecule has 1 heterocycles. The van der Waals surface area contributed by atoms with Crippen LogP contribution in [0.25, 0.3) is 0 Å². The van der Waals surface area contributed by atoms with E-state index in [0.717, 1.165) is 45.4 Å². The van der Waals surface area contributed by atoms with E-state index in [-0.39, 0.29) is 6.10 Å². The zero-order valence-electron chi connectivity index (χ0n) is 8.86. The molecule has 0 aromatic rings. The molecule has 1 rings (SSSR count). The van der Waals surface area contributed by atoms with E-state index in [2.05, 4.69) is 4.90 Å². The Bertz CT molecular complexity index is 152. The highest BCUT2D eigenvalue weighted by Gasteiger charge is 2.25. The smallest absolute Gasteiger partial charge is 0.0707 e. The fraction of sp³-hybridized carbons (Fsp3) is 1.00. The molecule has 1 saturated heterocycles. The van der Waals surface area contributed by atoms with Crippen LogP contribution in [0.4, 0.5) is 0 Å². The first-order valence-electron chi connectivity index (χ1n) is 5.58. The number of rotatable bonds is 5. The fourth-order valence-corrected chi connectivity index (χ4v) is 2.00. The monoisotopic (exact) mass is 201 g/mol. The van der Waals surface area contributed by atoms with Crippen molar-refractivity contribution in [2.75, 3.05) is 32.7 Å². The summed E-state index contributed by atoms with van der Waals surface area (Å²) in [7, 11) is 0. The standard InChI is InChI=1S/C10H23N3O/c11-4-1-2-5-13-6-3-9(7-12)10(14)8-13/h9-10,14H,1-8,11-12H2/t9-,10+/m0/s1. The van der Waals surface area contributed by atoms with Crippen LogP contribution >= 0.6 is 0 Å². The number of nitrogens with two attached hydrogens (primary N) is 2. The molecule has 84 valence electrons. The lowest BCUT2D eigenvalue weighted by Gasteiger charge is -2.35. The number of hydrogen-bond donors (Lipinski definition) is 3. The molecule has 4 nitrogen and oxygen atoms in total. The Morgan fingerprint density at radius 2 is 2.07 bits per heavy atom. The Hall–Kier alpha value is -0.160. The molecule has 0 unspecified atom stereocenters. The number of piperidine rings is 1. The largest absolute Gasteiger partial charge is 0.391 e. The summed E-state index contributed by atoms with van der Waals surface area (Å²) in [5, 5.41) is 9.75. The quantitative estimate of drug-likeness (QED) is 0.518. The Morgan fingerprint density at radius 1 is 1.29 bits per heavy atom. The molecule has 0 aliphatic carbocycles. The van der Waals surface area contributed by atoms with Gasteiger partial charge >= 0.3 is 0 Å². The molecular weight excluding hydrogens is 178 g/mol. The van der Waals surface area contributed by atoms with Crippen molar-refractivity contribution in [3.05, 3.63) is 0 Å². The van der Waals surface area contributed by atoms with Crippen LogP contribution in [0.1, 0.15) is 19.3 Å². The van der Waals surface area contributed by atoms with Gasteiger partial charge in [-0.05, 0) is 51.4 Å². The van der Waals surface area contributed by atoms with Crippen molar-refractivity contribution in [1.29, 1.82) is 0 Å². The van der Waals surface area contributed by atoms with Gasteiger partial charge in [0.25, 0.3) is 0 Å². The maximum absolute atomic E-state index is 9.75. The third-order valence-electron chi connectivity index (χ3n) is 3.04. The van der Waals surface area contributed by atoms with Crippen LogP contribution in [0.15, 0.2) is 0 Å². The van der Waals surface area contributed by atoms with Crippen molar-refractivity contribution < 1.29 is 5.11 Å². The van der Waals surface area contributed by atoms with Gasteiger partial charge in [0.2, 0.25) is 0 Å². The van der Waals surface area contributed by atoms with Gasteiger partial charge in [-0.1, -0.05) is 0 Å². The molecule has 14 heavy (non-hydrogen) atoms. The van der Waals surface area contributed by atoms with Crippen molar-refractivity contribution in [3.8, 4) is 0 Å². The van der Waals surface area contributed by atoms with E-state index >= 15 is 0 Å². The lowest BCUT2D eigenvalue weighted by molar-refractivity contribution is 0.0249. The zero-order valence-corrected chi connectivity index (χ0v) is 8.86. The number of nitrogens with zero attached hydrogens (tertiary/aromatic N) is 1. The molecule has 1 aliphatic heterocycles. The van der Waals surface area contributed by atoms with E-state index in [1.54, 1.807) is 0 Å². The van der Waals surface area contributed by atoms with E-state index in [0.29, 0.717) is 12.5 Å². The van der Waals surface area contributed by atoms with Gasteiger partial charge in [0.05, 0.1) is 6.10 Å². The Kier molecular flexibility index (Phi) is 5.40. The molecule has 0 radical (unpaired) electrons. The fourth-order valence-electron chi connectivity index (χ4n) is 2.00. The Labute approximate surface area is 86.3 Å². The number of unbranched alkanes of at least 4 members (excludes halogenated alkanes) is 1. The molecule has 0 aromatic heterocycles. The SMILES string of the molecule is NCCCCN1CC[C@@H](CN)[C@H](O)C1. The van der Waals surface area contributed by atoms with Crippen LogP contribution < -0.4 is 11.5 Å². The summed E-state index contributed by atoms with van der Waals surface area (Å²) in [5.41, 5.74) is 11.0. The van der Waals surface area contributed by atoms with Crippen LogP contribution in [0.2, 0.25) is 0 Å². The highest BCUT2D eigenvalue weighted by atomic mass is 16.3. The first kappa shape index (κ1) is 11.9. The zero-order chi connectivity index (χ0) is 10.4. The van der Waals surface area contributed by atoms with E-state index in [9.17, 15) is 5.11 Å². The summed E-state index contributed by atoms with van der Waals surface area (Å²) in [4.78, 5) is 2.31. The number of aliphatic hydroxyl groups is 1. The minimum atomic E-state index is -0.230. The molecule has 0 amide bonds. The van der Waals surface area contributed by atoms with Crippen molar-refractivity contribution in [2.24, 2.45) is 17.4 Å². The molecule has 0 bridgehead atoms. The van der Waals surface area contributed by atoms with Gasteiger partial charge in [0.15, 0.2) is 0 Å². The third kappa shape index (κ3) is 3.53. The molecule has 0 aromatic carbocycles. The second kappa shape index (κ2) is 6.35. The van der Waals surface area contributed by atoms with Gasteiger partial charge < -0.3 is 21.5 Å². The van der Waals surface area contributed by atoms with Crippen LogP contribution in [-0.2, 0) is 0 Å².